The van der Waals surface area contributed by atoms with Crippen molar-refractivity contribution in [1.29, 1.82) is 0 Å². The van der Waals surface area contributed by atoms with Gasteiger partial charge in [-0.25, -0.2) is 0 Å². The van der Waals surface area contributed by atoms with Crippen LogP contribution in [0.1, 0.15) is 19.8 Å². The van der Waals surface area contributed by atoms with Crippen LogP contribution in [0.2, 0.25) is 0 Å². The van der Waals surface area contributed by atoms with Gasteiger partial charge < -0.3 is 9.47 Å². The second-order valence-electron chi connectivity index (χ2n) is 4.30. The van der Waals surface area contributed by atoms with Gasteiger partial charge in [0, 0.05) is 0 Å². The minimum absolute atomic E-state index is 0.00989. The van der Waals surface area contributed by atoms with Crippen LogP contribution in [0.25, 0.3) is 0 Å². The van der Waals surface area contributed by atoms with Gasteiger partial charge in [-0.2, -0.15) is 0 Å². The third kappa shape index (κ3) is 1.73. The number of fused-ring (bicyclic) bond motifs is 1. The number of hydrogen-bond acceptors (Lipinski definition) is 4. The number of ether oxygens (including phenoxy) is 2. The molecule has 84 valence electrons. The van der Waals surface area contributed by atoms with Gasteiger partial charge in [0.15, 0.2) is 0 Å². The monoisotopic (exact) mass is 212 g/mol. The zero-order chi connectivity index (χ0) is 11.0. The van der Waals surface area contributed by atoms with Gasteiger partial charge in [0.25, 0.3) is 0 Å². The molecule has 4 nitrogen and oxygen atoms in total. The largest absolute Gasteiger partial charge is 0.469 e. The van der Waals surface area contributed by atoms with E-state index in [0.29, 0.717) is 18.4 Å². The number of methoxy groups -OCH3 is 1. The summed E-state index contributed by atoms with van der Waals surface area (Å²) in [7, 11) is 1.41. The van der Waals surface area contributed by atoms with Crippen LogP contribution in [0.5, 0.6) is 0 Å². The van der Waals surface area contributed by atoms with Gasteiger partial charge in [0.05, 0.1) is 25.6 Å². The third-order valence-electron chi connectivity index (χ3n) is 3.54. The molecule has 0 saturated heterocycles. The molecule has 0 aromatic carbocycles. The highest BCUT2D eigenvalue weighted by Gasteiger charge is 2.61. The first kappa shape index (κ1) is 10.5. The highest BCUT2D eigenvalue weighted by molar-refractivity contribution is 5.79. The average Bonchev–Trinajstić information content (AvgIpc) is 2.73. The summed E-state index contributed by atoms with van der Waals surface area (Å²) in [6, 6.07) is 0. The number of carbonyl (C=O) groups is 2. The Bertz CT molecular complexity index is 274. The molecule has 0 heterocycles. The first-order chi connectivity index (χ1) is 7.19. The molecule has 0 aromatic rings. The van der Waals surface area contributed by atoms with E-state index in [9.17, 15) is 9.59 Å². The van der Waals surface area contributed by atoms with Crippen LogP contribution in [0.4, 0.5) is 0 Å². The lowest BCUT2D eigenvalue weighted by atomic mass is 10.0. The number of esters is 2. The van der Waals surface area contributed by atoms with Crippen LogP contribution in [-0.4, -0.2) is 25.7 Å². The summed E-state index contributed by atoms with van der Waals surface area (Å²) in [5.74, 6) is 0.587. The first-order valence-electron chi connectivity index (χ1n) is 5.43. The van der Waals surface area contributed by atoms with Gasteiger partial charge >= 0.3 is 11.9 Å². The van der Waals surface area contributed by atoms with Gasteiger partial charge in [-0.05, 0) is 31.6 Å². The summed E-state index contributed by atoms with van der Waals surface area (Å²) in [6.45, 7) is 2.25. The summed E-state index contributed by atoms with van der Waals surface area (Å²) in [4.78, 5) is 22.7. The molecule has 0 bridgehead atoms. The zero-order valence-corrected chi connectivity index (χ0v) is 9.06. The third-order valence-corrected chi connectivity index (χ3v) is 3.54. The Morgan fingerprint density at radius 3 is 2.27 bits per heavy atom. The fourth-order valence-corrected chi connectivity index (χ4v) is 2.79. The maximum Gasteiger partial charge on any atom is 0.309 e. The van der Waals surface area contributed by atoms with Gasteiger partial charge in [-0.3, -0.25) is 9.59 Å². The minimum Gasteiger partial charge on any atom is -0.469 e. The molecule has 4 heteroatoms. The second kappa shape index (κ2) is 3.83. The SMILES string of the molecule is CCOC(=O)C1[C@H]2CC(C(=O)OC)C[C@@H]12. The maximum atomic E-state index is 11.4. The van der Waals surface area contributed by atoms with Crippen molar-refractivity contribution in [3.8, 4) is 0 Å². The van der Waals surface area contributed by atoms with Crippen LogP contribution < -0.4 is 0 Å². The number of rotatable bonds is 3. The van der Waals surface area contributed by atoms with Crippen molar-refractivity contribution in [2.75, 3.05) is 13.7 Å². The summed E-state index contributed by atoms with van der Waals surface area (Å²) in [5, 5.41) is 0. The van der Waals surface area contributed by atoms with Crippen LogP contribution in [0, 0.1) is 23.7 Å². The summed E-state index contributed by atoms with van der Waals surface area (Å²) in [6.07, 6.45) is 1.58. The lowest BCUT2D eigenvalue weighted by molar-refractivity contribution is -0.149. The molecule has 0 aliphatic heterocycles. The van der Waals surface area contributed by atoms with Crippen molar-refractivity contribution in [1.82, 2.24) is 0 Å². The summed E-state index contributed by atoms with van der Waals surface area (Å²) in [5.41, 5.74) is 0. The number of hydrogen-bond donors (Lipinski definition) is 0. The van der Waals surface area contributed by atoms with Gasteiger partial charge in [-0.1, -0.05) is 0 Å². The molecule has 0 N–H and O–H groups in total. The van der Waals surface area contributed by atoms with E-state index in [1.807, 2.05) is 6.92 Å². The Morgan fingerprint density at radius 2 is 1.80 bits per heavy atom. The van der Waals surface area contributed by atoms with E-state index in [1.54, 1.807) is 0 Å². The smallest absolute Gasteiger partial charge is 0.309 e. The molecular weight excluding hydrogens is 196 g/mol. The molecule has 2 rings (SSSR count). The second-order valence-corrected chi connectivity index (χ2v) is 4.30. The molecular formula is C11H16O4. The molecule has 0 aromatic heterocycles. The van der Waals surface area contributed by atoms with E-state index in [-0.39, 0.29) is 23.8 Å². The Kier molecular flexibility index (Phi) is 2.67. The highest BCUT2D eigenvalue weighted by Crippen LogP contribution is 2.60. The standard InChI is InChI=1S/C11H16O4/c1-3-15-11(13)9-7-4-6(5-8(7)9)10(12)14-2/h6-9H,3-5H2,1-2H3/t6?,7-,8+,9?. The van der Waals surface area contributed by atoms with Crippen LogP contribution in [0.15, 0.2) is 0 Å². The van der Waals surface area contributed by atoms with E-state index < -0.39 is 0 Å². The Labute approximate surface area is 88.9 Å². The highest BCUT2D eigenvalue weighted by atomic mass is 16.5. The Hall–Kier alpha value is -1.06. The van der Waals surface area contributed by atoms with E-state index in [2.05, 4.69) is 0 Å². The zero-order valence-electron chi connectivity index (χ0n) is 9.06. The summed E-state index contributed by atoms with van der Waals surface area (Å²) >= 11 is 0. The normalized spacial score (nSPS) is 36.9. The van der Waals surface area contributed by atoms with Crippen molar-refractivity contribution in [2.24, 2.45) is 23.7 Å². The van der Waals surface area contributed by atoms with Crippen molar-refractivity contribution in [3.05, 3.63) is 0 Å². The molecule has 0 amide bonds. The van der Waals surface area contributed by atoms with Crippen molar-refractivity contribution >= 4 is 11.9 Å². The quantitative estimate of drug-likeness (QED) is 0.655. The van der Waals surface area contributed by atoms with E-state index in [0.717, 1.165) is 12.8 Å². The van der Waals surface area contributed by atoms with Crippen LogP contribution in [-0.2, 0) is 19.1 Å². The lowest BCUT2D eigenvalue weighted by Crippen LogP contribution is -2.18. The van der Waals surface area contributed by atoms with Crippen LogP contribution >= 0.6 is 0 Å². The van der Waals surface area contributed by atoms with Crippen LogP contribution in [0.3, 0.4) is 0 Å². The molecule has 2 unspecified atom stereocenters. The summed E-state index contributed by atoms with van der Waals surface area (Å²) < 4.78 is 9.66. The molecule has 2 fully saturated rings. The molecule has 2 saturated carbocycles. The minimum atomic E-state index is -0.134. The lowest BCUT2D eigenvalue weighted by Gasteiger charge is -2.10. The van der Waals surface area contributed by atoms with Gasteiger partial charge in [0.2, 0.25) is 0 Å². The Morgan fingerprint density at radius 1 is 1.20 bits per heavy atom. The molecule has 0 radical (unpaired) electrons. The molecule has 15 heavy (non-hydrogen) atoms. The molecule has 4 atom stereocenters. The Balaban J connectivity index is 1.83. The average molecular weight is 212 g/mol. The fourth-order valence-electron chi connectivity index (χ4n) is 2.79. The van der Waals surface area contributed by atoms with Crippen molar-refractivity contribution < 1.29 is 19.1 Å². The maximum absolute atomic E-state index is 11.4. The van der Waals surface area contributed by atoms with E-state index in [4.69, 9.17) is 9.47 Å². The molecule has 2 aliphatic rings. The first-order valence-corrected chi connectivity index (χ1v) is 5.43. The van der Waals surface area contributed by atoms with Gasteiger partial charge in [0.1, 0.15) is 0 Å². The number of carbonyl (C=O) groups excluding carboxylic acids is 2. The van der Waals surface area contributed by atoms with Crippen molar-refractivity contribution in [2.45, 2.75) is 19.8 Å². The van der Waals surface area contributed by atoms with Crippen molar-refractivity contribution in [3.63, 3.8) is 0 Å². The predicted molar refractivity (Wildman–Crippen MR) is 51.8 cm³/mol. The fraction of sp³-hybridized carbons (Fsp3) is 0.818. The predicted octanol–water partition coefficient (Wildman–Crippen LogP) is 0.995. The molecule has 0 spiro atoms. The van der Waals surface area contributed by atoms with E-state index >= 15 is 0 Å². The topological polar surface area (TPSA) is 52.6 Å². The van der Waals surface area contributed by atoms with E-state index in [1.165, 1.54) is 7.11 Å². The molecule has 2 aliphatic carbocycles. The van der Waals surface area contributed by atoms with Gasteiger partial charge in [-0.15, -0.1) is 0 Å².